The van der Waals surface area contributed by atoms with Crippen LogP contribution in [-0.2, 0) is 17.6 Å². The Kier molecular flexibility index (Phi) is 9.24. The van der Waals surface area contributed by atoms with Crippen LogP contribution in [0.25, 0.3) is 11.3 Å². The Morgan fingerprint density at radius 3 is 2.72 bits per heavy atom. The SMILES string of the molecule is CCCc1cc(C(=O)N[C@@H](Cc2ccc(-c3cccc(OC(F)(F)F)c3)nc2)C(=O)N[C@H]2CCNC2)sc1C. The van der Waals surface area contributed by atoms with Crippen LogP contribution >= 0.6 is 11.3 Å². The Balaban J connectivity index is 1.50. The number of ether oxygens (including phenoxy) is 1. The summed E-state index contributed by atoms with van der Waals surface area (Å²) in [4.78, 5) is 32.4. The third kappa shape index (κ3) is 8.03. The number of halogens is 3. The fraction of sp³-hybridized carbons (Fsp3) is 0.393. The van der Waals surface area contributed by atoms with Crippen molar-refractivity contribution in [3.63, 3.8) is 0 Å². The average Bonchev–Trinajstić information content (AvgIpc) is 3.53. The summed E-state index contributed by atoms with van der Waals surface area (Å²) in [6, 6.07) is 10.0. The van der Waals surface area contributed by atoms with Crippen LogP contribution in [0.3, 0.4) is 0 Å². The van der Waals surface area contributed by atoms with Gasteiger partial charge in [0.2, 0.25) is 5.91 Å². The molecule has 2 aromatic heterocycles. The molecule has 0 bridgehead atoms. The summed E-state index contributed by atoms with van der Waals surface area (Å²) in [5.41, 5.74) is 2.73. The Hall–Kier alpha value is -3.44. The number of carbonyl (C=O) groups is 2. The van der Waals surface area contributed by atoms with Crippen molar-refractivity contribution in [3.05, 3.63) is 69.5 Å². The van der Waals surface area contributed by atoms with E-state index < -0.39 is 12.4 Å². The summed E-state index contributed by atoms with van der Waals surface area (Å²) in [6.45, 7) is 5.56. The second kappa shape index (κ2) is 12.6. The van der Waals surface area contributed by atoms with Gasteiger partial charge in [-0.15, -0.1) is 24.5 Å². The third-order valence-corrected chi connectivity index (χ3v) is 7.51. The Morgan fingerprint density at radius 1 is 1.23 bits per heavy atom. The minimum Gasteiger partial charge on any atom is -0.406 e. The number of carbonyl (C=O) groups excluding carboxylic acids is 2. The van der Waals surface area contributed by atoms with Gasteiger partial charge in [-0.3, -0.25) is 14.6 Å². The molecule has 3 N–H and O–H groups in total. The van der Waals surface area contributed by atoms with Gasteiger partial charge in [-0.2, -0.15) is 0 Å². The lowest BCUT2D eigenvalue weighted by Crippen LogP contribution is -2.51. The minimum atomic E-state index is -4.79. The maximum Gasteiger partial charge on any atom is 0.573 e. The highest BCUT2D eigenvalue weighted by molar-refractivity contribution is 7.14. The molecule has 0 spiro atoms. The third-order valence-electron chi connectivity index (χ3n) is 6.42. The lowest BCUT2D eigenvalue weighted by molar-refractivity contribution is -0.274. The topological polar surface area (TPSA) is 92.3 Å². The van der Waals surface area contributed by atoms with E-state index in [1.165, 1.54) is 29.5 Å². The quantitative estimate of drug-likeness (QED) is 0.332. The average molecular weight is 561 g/mol. The van der Waals surface area contributed by atoms with Crippen molar-refractivity contribution in [2.75, 3.05) is 13.1 Å². The number of pyridine rings is 1. The number of rotatable bonds is 10. The lowest BCUT2D eigenvalue weighted by atomic mass is 10.0. The number of hydrogen-bond donors (Lipinski definition) is 3. The van der Waals surface area contributed by atoms with Crippen LogP contribution in [0.2, 0.25) is 0 Å². The zero-order valence-electron chi connectivity index (χ0n) is 21.7. The first kappa shape index (κ1) is 28.6. The van der Waals surface area contributed by atoms with E-state index in [0.717, 1.165) is 36.2 Å². The predicted octanol–water partition coefficient (Wildman–Crippen LogP) is 4.79. The zero-order chi connectivity index (χ0) is 28.0. The highest BCUT2D eigenvalue weighted by Crippen LogP contribution is 2.27. The molecule has 3 aromatic rings. The lowest BCUT2D eigenvalue weighted by Gasteiger charge is -2.21. The Labute approximate surface area is 229 Å². The highest BCUT2D eigenvalue weighted by atomic mass is 32.1. The van der Waals surface area contributed by atoms with Gasteiger partial charge in [0.25, 0.3) is 5.91 Å². The molecule has 0 aliphatic carbocycles. The van der Waals surface area contributed by atoms with Crippen LogP contribution in [0.4, 0.5) is 13.2 Å². The molecule has 4 rings (SSSR count). The smallest absolute Gasteiger partial charge is 0.406 e. The van der Waals surface area contributed by atoms with E-state index in [0.29, 0.717) is 28.2 Å². The van der Waals surface area contributed by atoms with Gasteiger partial charge in [-0.25, -0.2) is 0 Å². The molecule has 2 amide bonds. The molecule has 0 radical (unpaired) electrons. The number of nitrogens with zero attached hydrogens (tertiary/aromatic N) is 1. The van der Waals surface area contributed by atoms with Crippen molar-refractivity contribution in [1.82, 2.24) is 20.9 Å². The Bertz CT molecular complexity index is 1290. The van der Waals surface area contributed by atoms with E-state index in [9.17, 15) is 22.8 Å². The maximum atomic E-state index is 13.2. The van der Waals surface area contributed by atoms with Crippen molar-refractivity contribution in [2.24, 2.45) is 0 Å². The summed E-state index contributed by atoms with van der Waals surface area (Å²) >= 11 is 1.41. The molecule has 2 atom stereocenters. The summed E-state index contributed by atoms with van der Waals surface area (Å²) < 4.78 is 41.8. The normalized spacial score (nSPS) is 16.1. The van der Waals surface area contributed by atoms with E-state index in [-0.39, 0.29) is 30.0 Å². The number of aromatic nitrogens is 1. The number of hydrogen-bond acceptors (Lipinski definition) is 6. The van der Waals surface area contributed by atoms with Gasteiger partial charge in [0.1, 0.15) is 11.8 Å². The monoisotopic (exact) mass is 560 g/mol. The molecule has 1 aromatic carbocycles. The standard InChI is InChI=1S/C28H31F3N4O3S/c1-3-5-19-14-25(39-17(19)2)27(37)35-24(26(36)34-21-10-11-32-16-21)12-18-8-9-23(33-15-18)20-6-4-7-22(13-20)38-28(29,30)31/h4,6-9,13-15,21,24,32H,3,5,10-12,16H2,1-2H3,(H,34,36)(H,35,37)/t21-,24-/m0/s1. The van der Waals surface area contributed by atoms with Gasteiger partial charge in [-0.05, 0) is 61.7 Å². The van der Waals surface area contributed by atoms with Gasteiger partial charge in [0.15, 0.2) is 0 Å². The van der Waals surface area contributed by atoms with Crippen LogP contribution in [0.15, 0.2) is 48.7 Å². The number of amides is 2. The van der Waals surface area contributed by atoms with Crippen LogP contribution in [0.1, 0.15) is 45.4 Å². The highest BCUT2D eigenvalue weighted by Gasteiger charge is 2.31. The zero-order valence-corrected chi connectivity index (χ0v) is 22.5. The van der Waals surface area contributed by atoms with Crippen molar-refractivity contribution in [1.29, 1.82) is 0 Å². The minimum absolute atomic E-state index is 0.0104. The molecule has 3 heterocycles. The van der Waals surface area contributed by atoms with Gasteiger partial charge in [0.05, 0.1) is 10.6 Å². The summed E-state index contributed by atoms with van der Waals surface area (Å²) in [6.07, 6.45) is -0.355. The maximum absolute atomic E-state index is 13.2. The van der Waals surface area contributed by atoms with Crippen molar-refractivity contribution < 1.29 is 27.5 Å². The first-order valence-corrected chi connectivity index (χ1v) is 13.7. The fourth-order valence-corrected chi connectivity index (χ4v) is 5.45. The molecular weight excluding hydrogens is 529 g/mol. The van der Waals surface area contributed by atoms with Crippen molar-refractivity contribution >= 4 is 23.2 Å². The first-order valence-electron chi connectivity index (χ1n) is 12.8. The van der Waals surface area contributed by atoms with E-state index in [1.807, 2.05) is 13.0 Å². The molecule has 1 aliphatic heterocycles. The number of thiophene rings is 1. The first-order chi connectivity index (χ1) is 18.6. The second-order valence-electron chi connectivity index (χ2n) is 9.50. The predicted molar refractivity (Wildman–Crippen MR) is 144 cm³/mol. The molecular formula is C28H31F3N4O3S. The van der Waals surface area contributed by atoms with E-state index in [2.05, 4.69) is 32.6 Å². The number of benzene rings is 1. The van der Waals surface area contributed by atoms with Gasteiger partial charge < -0.3 is 20.7 Å². The van der Waals surface area contributed by atoms with Crippen LogP contribution in [-0.4, -0.2) is 48.3 Å². The van der Waals surface area contributed by atoms with Gasteiger partial charge in [0, 0.05) is 35.6 Å². The van der Waals surface area contributed by atoms with E-state index in [1.54, 1.807) is 24.4 Å². The molecule has 1 saturated heterocycles. The van der Waals surface area contributed by atoms with Crippen molar-refractivity contribution in [3.8, 4) is 17.0 Å². The van der Waals surface area contributed by atoms with Gasteiger partial charge in [-0.1, -0.05) is 31.5 Å². The Morgan fingerprint density at radius 2 is 2.05 bits per heavy atom. The molecule has 39 heavy (non-hydrogen) atoms. The number of aryl methyl sites for hydroxylation is 2. The summed E-state index contributed by atoms with van der Waals surface area (Å²) in [7, 11) is 0. The number of alkyl halides is 3. The van der Waals surface area contributed by atoms with Gasteiger partial charge >= 0.3 is 6.36 Å². The summed E-state index contributed by atoms with van der Waals surface area (Å²) in [5, 5.41) is 9.13. The molecule has 0 unspecified atom stereocenters. The molecule has 208 valence electrons. The number of nitrogens with one attached hydrogen (secondary N) is 3. The molecule has 7 nitrogen and oxygen atoms in total. The van der Waals surface area contributed by atoms with Crippen LogP contribution in [0, 0.1) is 6.92 Å². The van der Waals surface area contributed by atoms with E-state index >= 15 is 0 Å². The van der Waals surface area contributed by atoms with Crippen molar-refractivity contribution in [2.45, 2.75) is 58.0 Å². The van der Waals surface area contributed by atoms with Crippen LogP contribution < -0.4 is 20.7 Å². The fourth-order valence-electron chi connectivity index (χ4n) is 4.47. The molecule has 1 fully saturated rings. The van der Waals surface area contributed by atoms with E-state index in [4.69, 9.17) is 0 Å². The van der Waals surface area contributed by atoms with Crippen LogP contribution in [0.5, 0.6) is 5.75 Å². The largest absolute Gasteiger partial charge is 0.573 e. The second-order valence-corrected chi connectivity index (χ2v) is 10.8. The summed E-state index contributed by atoms with van der Waals surface area (Å²) in [5.74, 6) is -0.918. The molecule has 0 saturated carbocycles. The molecule has 11 heteroatoms. The molecule has 1 aliphatic rings.